The normalized spacial score (nSPS) is 19.2. The van der Waals surface area contributed by atoms with Crippen molar-refractivity contribution >= 4 is 0 Å². The first-order valence-electron chi connectivity index (χ1n) is 5.48. The van der Waals surface area contributed by atoms with Gasteiger partial charge in [0.05, 0.1) is 18.6 Å². The van der Waals surface area contributed by atoms with Gasteiger partial charge in [-0.1, -0.05) is 13.8 Å². The molecule has 4 heteroatoms. The van der Waals surface area contributed by atoms with Gasteiger partial charge in [-0.2, -0.15) is 0 Å². The fourth-order valence-corrected chi connectivity index (χ4v) is 1.87. The van der Waals surface area contributed by atoms with Gasteiger partial charge in [-0.25, -0.2) is 4.98 Å². The van der Waals surface area contributed by atoms with Gasteiger partial charge in [-0.3, -0.25) is 0 Å². The minimum Gasteiger partial charge on any atom is -0.379 e. The number of ether oxygens (including phenoxy) is 1. The maximum atomic E-state index is 5.77. The van der Waals surface area contributed by atoms with Crippen LogP contribution in [0.3, 0.4) is 0 Å². The van der Waals surface area contributed by atoms with E-state index in [0.29, 0.717) is 25.7 Å². The van der Waals surface area contributed by atoms with E-state index in [-0.39, 0.29) is 5.41 Å². The van der Waals surface area contributed by atoms with Crippen molar-refractivity contribution in [3.63, 3.8) is 0 Å². The largest absolute Gasteiger partial charge is 0.379 e. The molecule has 4 nitrogen and oxygen atoms in total. The third-order valence-electron chi connectivity index (χ3n) is 2.91. The molecule has 1 aliphatic rings. The molecule has 1 aromatic rings. The van der Waals surface area contributed by atoms with E-state index in [1.807, 2.05) is 6.20 Å². The van der Waals surface area contributed by atoms with Crippen LogP contribution in [0, 0.1) is 5.92 Å². The van der Waals surface area contributed by atoms with E-state index in [0.717, 1.165) is 12.2 Å². The molecule has 0 aromatic carbocycles. The molecule has 0 unspecified atom stereocenters. The van der Waals surface area contributed by atoms with Crippen molar-refractivity contribution < 1.29 is 4.74 Å². The van der Waals surface area contributed by atoms with Crippen LogP contribution in [0.2, 0.25) is 0 Å². The Bertz CT molecular complexity index is 323. The van der Waals surface area contributed by atoms with Crippen molar-refractivity contribution in [3.8, 4) is 0 Å². The summed E-state index contributed by atoms with van der Waals surface area (Å²) in [6, 6.07) is 0. The van der Waals surface area contributed by atoms with Crippen LogP contribution >= 0.6 is 0 Å². The van der Waals surface area contributed by atoms with Crippen LogP contribution in [0.5, 0.6) is 0 Å². The highest BCUT2D eigenvalue weighted by Gasteiger charge is 2.41. The van der Waals surface area contributed by atoms with Gasteiger partial charge in [-0.05, 0) is 12.3 Å². The first-order valence-corrected chi connectivity index (χ1v) is 5.48. The zero-order valence-electron chi connectivity index (χ0n) is 9.42. The van der Waals surface area contributed by atoms with Gasteiger partial charge in [-0.15, -0.1) is 0 Å². The fourth-order valence-electron chi connectivity index (χ4n) is 1.87. The highest BCUT2D eigenvalue weighted by Crippen LogP contribution is 2.29. The Labute approximate surface area is 90.2 Å². The number of aromatic amines is 1. The first-order chi connectivity index (χ1) is 7.16. The molecule has 1 aromatic heterocycles. The molecule has 0 radical (unpaired) electrons. The van der Waals surface area contributed by atoms with Gasteiger partial charge in [0.25, 0.3) is 0 Å². The Morgan fingerprint density at radius 1 is 1.60 bits per heavy atom. The number of hydrogen-bond donors (Lipinski definition) is 2. The van der Waals surface area contributed by atoms with Gasteiger partial charge >= 0.3 is 0 Å². The smallest absolute Gasteiger partial charge is 0.118 e. The van der Waals surface area contributed by atoms with Crippen LogP contribution < -0.4 is 5.73 Å². The molecule has 0 bridgehead atoms. The van der Waals surface area contributed by atoms with E-state index in [2.05, 4.69) is 23.8 Å². The van der Waals surface area contributed by atoms with Gasteiger partial charge in [0.1, 0.15) is 5.82 Å². The molecule has 0 atom stereocenters. The maximum absolute atomic E-state index is 5.77. The summed E-state index contributed by atoms with van der Waals surface area (Å²) in [4.78, 5) is 7.79. The number of nitrogens with two attached hydrogens (primary N) is 1. The number of nitrogens with one attached hydrogen (secondary N) is 1. The molecule has 84 valence electrons. The maximum Gasteiger partial charge on any atom is 0.118 e. The predicted molar refractivity (Wildman–Crippen MR) is 58.7 cm³/mol. The minimum absolute atomic E-state index is 0.0464. The van der Waals surface area contributed by atoms with Crippen molar-refractivity contribution in [2.24, 2.45) is 11.7 Å². The zero-order chi connectivity index (χ0) is 10.9. The third kappa shape index (κ3) is 1.92. The highest BCUT2D eigenvalue weighted by molar-refractivity contribution is 5.17. The Balaban J connectivity index is 2.12. The van der Waals surface area contributed by atoms with Crippen LogP contribution in [-0.4, -0.2) is 29.7 Å². The summed E-state index contributed by atoms with van der Waals surface area (Å²) in [6.45, 7) is 6.38. The molecular weight excluding hydrogens is 190 g/mol. The van der Waals surface area contributed by atoms with Crippen LogP contribution in [-0.2, 0) is 16.6 Å². The molecule has 15 heavy (non-hydrogen) atoms. The van der Waals surface area contributed by atoms with E-state index in [9.17, 15) is 0 Å². The summed E-state index contributed by atoms with van der Waals surface area (Å²) >= 11 is 0. The number of nitrogens with zero attached hydrogens (tertiary/aromatic N) is 1. The molecular formula is C11H19N3O. The number of rotatable bonds is 4. The monoisotopic (exact) mass is 209 g/mol. The SMILES string of the molecule is CC(C)Cc1cnc(C2(CN)COC2)[nH]1. The average Bonchev–Trinajstić information content (AvgIpc) is 2.51. The molecule has 0 aliphatic carbocycles. The zero-order valence-corrected chi connectivity index (χ0v) is 9.42. The molecule has 3 N–H and O–H groups in total. The third-order valence-corrected chi connectivity index (χ3v) is 2.91. The number of imidazole rings is 1. The van der Waals surface area contributed by atoms with Crippen molar-refractivity contribution in [2.75, 3.05) is 19.8 Å². The van der Waals surface area contributed by atoms with E-state index < -0.39 is 0 Å². The van der Waals surface area contributed by atoms with Crippen molar-refractivity contribution in [1.82, 2.24) is 9.97 Å². The van der Waals surface area contributed by atoms with Crippen LogP contribution in [0.4, 0.5) is 0 Å². The van der Waals surface area contributed by atoms with Crippen LogP contribution in [0.15, 0.2) is 6.20 Å². The van der Waals surface area contributed by atoms with Gasteiger partial charge < -0.3 is 15.5 Å². The summed E-state index contributed by atoms with van der Waals surface area (Å²) in [5.74, 6) is 1.64. The van der Waals surface area contributed by atoms with Crippen LogP contribution in [0.25, 0.3) is 0 Å². The molecule has 1 saturated heterocycles. The second-order valence-corrected chi connectivity index (χ2v) is 4.83. The summed E-state index contributed by atoms with van der Waals surface area (Å²) in [5.41, 5.74) is 6.92. The number of hydrogen-bond acceptors (Lipinski definition) is 3. The molecule has 0 spiro atoms. The summed E-state index contributed by atoms with van der Waals surface area (Å²) in [6.07, 6.45) is 2.96. The van der Waals surface area contributed by atoms with Crippen molar-refractivity contribution in [1.29, 1.82) is 0 Å². The van der Waals surface area contributed by atoms with E-state index >= 15 is 0 Å². The molecule has 1 fully saturated rings. The number of H-pyrrole nitrogens is 1. The lowest BCUT2D eigenvalue weighted by atomic mass is 9.85. The van der Waals surface area contributed by atoms with E-state index in [4.69, 9.17) is 10.5 Å². The van der Waals surface area contributed by atoms with E-state index in [1.165, 1.54) is 5.69 Å². The topological polar surface area (TPSA) is 63.9 Å². The predicted octanol–water partition coefficient (Wildman–Crippen LogP) is 0.835. The number of aromatic nitrogens is 2. The molecule has 0 saturated carbocycles. The minimum atomic E-state index is -0.0464. The second-order valence-electron chi connectivity index (χ2n) is 4.83. The van der Waals surface area contributed by atoms with Gasteiger partial charge in [0, 0.05) is 18.4 Å². The Kier molecular flexibility index (Phi) is 2.80. The molecule has 2 rings (SSSR count). The Hall–Kier alpha value is -0.870. The quantitative estimate of drug-likeness (QED) is 0.772. The Morgan fingerprint density at radius 2 is 2.33 bits per heavy atom. The lowest BCUT2D eigenvalue weighted by Crippen LogP contribution is -2.52. The van der Waals surface area contributed by atoms with Crippen molar-refractivity contribution in [2.45, 2.75) is 25.7 Å². The van der Waals surface area contributed by atoms with Gasteiger partial charge in [0.2, 0.25) is 0 Å². The standard InChI is InChI=1S/C11H19N3O/c1-8(2)3-9-4-13-10(14-9)11(5-12)6-15-7-11/h4,8H,3,5-7,12H2,1-2H3,(H,13,14). The lowest BCUT2D eigenvalue weighted by molar-refractivity contribution is -0.0590. The molecule has 1 aliphatic heterocycles. The van der Waals surface area contributed by atoms with E-state index in [1.54, 1.807) is 0 Å². The second kappa shape index (κ2) is 3.94. The highest BCUT2D eigenvalue weighted by atomic mass is 16.5. The fraction of sp³-hybridized carbons (Fsp3) is 0.727. The van der Waals surface area contributed by atoms with Gasteiger partial charge in [0.15, 0.2) is 0 Å². The summed E-state index contributed by atoms with van der Waals surface area (Å²) < 4.78 is 5.23. The first kappa shape index (κ1) is 10.6. The van der Waals surface area contributed by atoms with Crippen molar-refractivity contribution in [3.05, 3.63) is 17.7 Å². The molecule has 0 amide bonds. The Morgan fingerprint density at radius 3 is 2.80 bits per heavy atom. The lowest BCUT2D eigenvalue weighted by Gasteiger charge is -2.38. The summed E-state index contributed by atoms with van der Waals surface area (Å²) in [5, 5.41) is 0. The average molecular weight is 209 g/mol. The summed E-state index contributed by atoms with van der Waals surface area (Å²) in [7, 11) is 0. The van der Waals surface area contributed by atoms with Crippen LogP contribution in [0.1, 0.15) is 25.4 Å². The molecule has 2 heterocycles.